The first kappa shape index (κ1) is 7.86. The minimum atomic E-state index is 0.891. The Kier molecular flexibility index (Phi) is 2.00. The molecule has 2 aromatic rings. The molecule has 0 fully saturated rings. The maximum absolute atomic E-state index is 4.22. The molecule has 3 nitrogen and oxygen atoms in total. The van der Waals surface area contributed by atoms with Gasteiger partial charge < -0.3 is 0 Å². The highest BCUT2D eigenvalue weighted by Crippen LogP contribution is 2.15. The molecule has 0 bridgehead atoms. The molecule has 0 saturated heterocycles. The lowest BCUT2D eigenvalue weighted by Crippen LogP contribution is -1.90. The van der Waals surface area contributed by atoms with Crippen molar-refractivity contribution in [3.8, 4) is 11.4 Å². The van der Waals surface area contributed by atoms with Gasteiger partial charge in [0.2, 0.25) is 0 Å². The fourth-order valence-corrected chi connectivity index (χ4v) is 1.17. The predicted molar refractivity (Wildman–Crippen MR) is 50.0 cm³/mol. The molecule has 0 aromatic carbocycles. The summed E-state index contributed by atoms with van der Waals surface area (Å²) < 4.78 is 0. The van der Waals surface area contributed by atoms with Crippen LogP contribution < -0.4 is 0 Å². The van der Waals surface area contributed by atoms with Crippen molar-refractivity contribution in [2.24, 2.45) is 0 Å². The fourth-order valence-electron chi connectivity index (χ4n) is 1.17. The summed E-state index contributed by atoms with van der Waals surface area (Å²) in [7, 11) is 0. The Labute approximate surface area is 76.5 Å². The molecule has 0 unspecified atom stereocenters. The summed E-state index contributed by atoms with van der Waals surface area (Å²) in [6.07, 6.45) is 5.09. The number of pyridine rings is 1. The molecule has 0 amide bonds. The molecule has 64 valence electrons. The van der Waals surface area contributed by atoms with Crippen LogP contribution in [0, 0.1) is 6.92 Å². The number of rotatable bonds is 1. The second-order valence-corrected chi connectivity index (χ2v) is 2.77. The molecule has 0 saturated carbocycles. The monoisotopic (exact) mass is 171 g/mol. The zero-order valence-corrected chi connectivity index (χ0v) is 7.31. The lowest BCUT2D eigenvalue weighted by molar-refractivity contribution is 1.12. The highest BCUT2D eigenvalue weighted by molar-refractivity contribution is 5.56. The Bertz CT molecular complexity index is 398. The van der Waals surface area contributed by atoms with Crippen molar-refractivity contribution in [1.82, 2.24) is 15.0 Å². The van der Waals surface area contributed by atoms with Crippen LogP contribution in [0.5, 0.6) is 0 Å². The van der Waals surface area contributed by atoms with E-state index in [1.54, 1.807) is 12.4 Å². The fraction of sp³-hybridized carbons (Fsp3) is 0.100. The number of hydrogen-bond acceptors (Lipinski definition) is 3. The van der Waals surface area contributed by atoms with Gasteiger partial charge in [0.25, 0.3) is 0 Å². The summed E-state index contributed by atoms with van der Waals surface area (Å²) in [5.41, 5.74) is 2.83. The van der Waals surface area contributed by atoms with E-state index in [1.165, 1.54) is 6.33 Å². The van der Waals surface area contributed by atoms with E-state index in [1.807, 2.05) is 25.1 Å². The van der Waals surface area contributed by atoms with Crippen LogP contribution in [-0.4, -0.2) is 15.0 Å². The lowest BCUT2D eigenvalue weighted by atomic mass is 10.2. The first-order valence-corrected chi connectivity index (χ1v) is 4.06. The Morgan fingerprint density at radius 3 is 2.77 bits per heavy atom. The van der Waals surface area contributed by atoms with E-state index in [4.69, 9.17) is 0 Å². The van der Waals surface area contributed by atoms with Gasteiger partial charge in [0.05, 0.1) is 11.4 Å². The van der Waals surface area contributed by atoms with Gasteiger partial charge in [0.1, 0.15) is 6.33 Å². The van der Waals surface area contributed by atoms with E-state index < -0.39 is 0 Å². The third-order valence-corrected chi connectivity index (χ3v) is 1.80. The van der Waals surface area contributed by atoms with Crippen molar-refractivity contribution >= 4 is 0 Å². The second-order valence-electron chi connectivity index (χ2n) is 2.77. The topological polar surface area (TPSA) is 38.7 Å². The molecule has 2 aromatic heterocycles. The van der Waals surface area contributed by atoms with Crippen LogP contribution in [0.15, 0.2) is 36.9 Å². The highest BCUT2D eigenvalue weighted by atomic mass is 14.8. The van der Waals surface area contributed by atoms with Crippen molar-refractivity contribution in [3.63, 3.8) is 0 Å². The first-order chi connectivity index (χ1) is 6.38. The van der Waals surface area contributed by atoms with Gasteiger partial charge in [-0.2, -0.15) is 0 Å². The summed E-state index contributed by atoms with van der Waals surface area (Å²) >= 11 is 0. The molecule has 0 aliphatic heterocycles. The molecule has 0 radical (unpaired) electrons. The van der Waals surface area contributed by atoms with E-state index in [2.05, 4.69) is 15.0 Å². The minimum absolute atomic E-state index is 0.891. The quantitative estimate of drug-likeness (QED) is 0.657. The summed E-state index contributed by atoms with van der Waals surface area (Å²) in [4.78, 5) is 12.3. The summed E-state index contributed by atoms with van der Waals surface area (Å²) in [6.45, 7) is 1.98. The smallest absolute Gasteiger partial charge is 0.116 e. The Morgan fingerprint density at radius 1 is 1.15 bits per heavy atom. The average molecular weight is 171 g/mol. The van der Waals surface area contributed by atoms with Crippen LogP contribution in [0.1, 0.15) is 5.56 Å². The predicted octanol–water partition coefficient (Wildman–Crippen LogP) is 1.85. The van der Waals surface area contributed by atoms with Crippen LogP contribution in [0.3, 0.4) is 0 Å². The lowest BCUT2D eigenvalue weighted by Gasteiger charge is -2.01. The number of hydrogen-bond donors (Lipinski definition) is 0. The second kappa shape index (κ2) is 3.31. The maximum atomic E-state index is 4.22. The third-order valence-electron chi connectivity index (χ3n) is 1.80. The van der Waals surface area contributed by atoms with Crippen LogP contribution in [0.25, 0.3) is 11.4 Å². The van der Waals surface area contributed by atoms with Crippen molar-refractivity contribution in [3.05, 3.63) is 42.5 Å². The van der Waals surface area contributed by atoms with E-state index in [-0.39, 0.29) is 0 Å². The zero-order valence-electron chi connectivity index (χ0n) is 7.31. The van der Waals surface area contributed by atoms with E-state index in [9.17, 15) is 0 Å². The zero-order chi connectivity index (χ0) is 9.10. The van der Waals surface area contributed by atoms with Gasteiger partial charge in [-0.15, -0.1) is 0 Å². The van der Waals surface area contributed by atoms with Crippen LogP contribution in [0.2, 0.25) is 0 Å². The van der Waals surface area contributed by atoms with Crippen molar-refractivity contribution in [2.45, 2.75) is 6.92 Å². The minimum Gasteiger partial charge on any atom is -0.255 e. The molecular formula is C10H9N3. The van der Waals surface area contributed by atoms with Crippen molar-refractivity contribution in [1.29, 1.82) is 0 Å². The maximum Gasteiger partial charge on any atom is 0.116 e. The molecule has 0 aliphatic carbocycles. The molecule has 13 heavy (non-hydrogen) atoms. The number of aromatic nitrogens is 3. The molecule has 0 atom stereocenters. The molecule has 2 heterocycles. The van der Waals surface area contributed by atoms with Gasteiger partial charge in [-0.1, -0.05) is 6.07 Å². The number of aryl methyl sites for hydroxylation is 1. The number of nitrogens with zero attached hydrogens (tertiary/aromatic N) is 3. The van der Waals surface area contributed by atoms with Crippen molar-refractivity contribution in [2.75, 3.05) is 0 Å². The van der Waals surface area contributed by atoms with E-state index >= 15 is 0 Å². The summed E-state index contributed by atoms with van der Waals surface area (Å²) in [6, 6.07) is 5.78. The van der Waals surface area contributed by atoms with Gasteiger partial charge in [0.15, 0.2) is 0 Å². The van der Waals surface area contributed by atoms with E-state index in [0.29, 0.717) is 0 Å². The normalized spacial score (nSPS) is 9.92. The summed E-state index contributed by atoms with van der Waals surface area (Å²) in [5.74, 6) is 0. The molecule has 3 heteroatoms. The third kappa shape index (κ3) is 1.54. The van der Waals surface area contributed by atoms with Gasteiger partial charge in [-0.25, -0.2) is 9.97 Å². The van der Waals surface area contributed by atoms with Gasteiger partial charge in [-0.3, -0.25) is 4.98 Å². The van der Waals surface area contributed by atoms with E-state index in [0.717, 1.165) is 17.0 Å². The summed E-state index contributed by atoms with van der Waals surface area (Å²) in [5, 5.41) is 0. The van der Waals surface area contributed by atoms with Gasteiger partial charge >= 0.3 is 0 Å². The first-order valence-electron chi connectivity index (χ1n) is 4.06. The van der Waals surface area contributed by atoms with Crippen LogP contribution in [-0.2, 0) is 0 Å². The SMILES string of the molecule is Cc1cncnc1-c1ccccn1. The van der Waals surface area contributed by atoms with Crippen molar-refractivity contribution < 1.29 is 0 Å². The largest absolute Gasteiger partial charge is 0.255 e. The van der Waals surface area contributed by atoms with Gasteiger partial charge in [0, 0.05) is 12.4 Å². The molecule has 0 spiro atoms. The highest BCUT2D eigenvalue weighted by Gasteiger charge is 2.02. The van der Waals surface area contributed by atoms with Gasteiger partial charge in [-0.05, 0) is 24.6 Å². The molecular weight excluding hydrogens is 162 g/mol. The average Bonchev–Trinajstić information content (AvgIpc) is 2.20. The Balaban J connectivity index is 2.54. The standard InChI is InChI=1S/C10H9N3/c1-8-6-11-7-13-10(8)9-4-2-3-5-12-9/h2-7H,1H3. The van der Waals surface area contributed by atoms with Crippen LogP contribution >= 0.6 is 0 Å². The molecule has 2 rings (SSSR count). The Hall–Kier alpha value is -1.77. The molecule has 0 N–H and O–H groups in total. The molecule has 0 aliphatic rings. The van der Waals surface area contributed by atoms with Crippen LogP contribution in [0.4, 0.5) is 0 Å². The Morgan fingerprint density at radius 2 is 2.08 bits per heavy atom.